The van der Waals surface area contributed by atoms with Gasteiger partial charge in [0.25, 0.3) is 0 Å². The van der Waals surface area contributed by atoms with Gasteiger partial charge in [-0.15, -0.1) is 0 Å². The van der Waals surface area contributed by atoms with Gasteiger partial charge in [0.05, 0.1) is 11.0 Å². The third kappa shape index (κ3) is 4.00. The number of piperidine rings is 1. The van der Waals surface area contributed by atoms with Crippen molar-refractivity contribution in [3.63, 3.8) is 0 Å². The average Bonchev–Trinajstić information content (AvgIpc) is 3.47. The maximum Gasteiger partial charge on any atom is 0.237 e. The minimum atomic E-state index is -0.883. The third-order valence-corrected chi connectivity index (χ3v) is 8.79. The van der Waals surface area contributed by atoms with Crippen LogP contribution in [0.2, 0.25) is 0 Å². The van der Waals surface area contributed by atoms with E-state index in [1.807, 2.05) is 36.1 Å². The van der Waals surface area contributed by atoms with Gasteiger partial charge >= 0.3 is 0 Å². The minimum absolute atomic E-state index is 0.0265. The summed E-state index contributed by atoms with van der Waals surface area (Å²) in [5.74, 6) is -0.0274. The molecule has 2 aliphatic heterocycles. The highest BCUT2D eigenvalue weighted by molar-refractivity contribution is 6.06. The first kappa shape index (κ1) is 24.9. The number of hydrogen-bond donors (Lipinski definition) is 1. The summed E-state index contributed by atoms with van der Waals surface area (Å²) in [5, 5.41) is 12.2. The number of anilines is 1. The van der Waals surface area contributed by atoms with Gasteiger partial charge in [-0.1, -0.05) is 30.3 Å². The van der Waals surface area contributed by atoms with Crippen LogP contribution < -0.4 is 5.32 Å². The van der Waals surface area contributed by atoms with Crippen molar-refractivity contribution in [3.05, 3.63) is 88.4 Å². The maximum absolute atomic E-state index is 13.5. The Labute approximate surface area is 227 Å². The monoisotopic (exact) mass is 519 g/mol. The van der Waals surface area contributed by atoms with Crippen LogP contribution >= 0.6 is 0 Å². The van der Waals surface area contributed by atoms with Gasteiger partial charge in [-0.3, -0.25) is 19.4 Å². The molecule has 1 aromatic carbocycles. The standard InChI is InChI=1S/C31H29N5O3/c1-3-36-18(2)24(20-7-5-4-6-8-20)11-21(29(36)38)12-27(37)23-10-22-13-31(14-26(22)33-17-23)25-9-19(15-32)16-34-28(25)35-30(31)39/h4-10,16-18,21,24H,3,11-14H2,1-2H3,(H,34,35,39)/t18-,21-,24-,31+/m1/s1. The average molecular weight is 520 g/mol. The first-order chi connectivity index (χ1) is 18.8. The molecule has 3 aromatic rings. The Hall–Kier alpha value is -4.38. The molecule has 1 aliphatic carbocycles. The second kappa shape index (κ2) is 9.42. The molecule has 2 amide bonds. The largest absolute Gasteiger partial charge is 0.339 e. The predicted molar refractivity (Wildman–Crippen MR) is 144 cm³/mol. The fourth-order valence-corrected chi connectivity index (χ4v) is 6.70. The number of nitriles is 1. The Morgan fingerprint density at radius 3 is 2.69 bits per heavy atom. The normalized spacial score (nSPS) is 25.3. The van der Waals surface area contributed by atoms with Crippen molar-refractivity contribution in [2.24, 2.45) is 5.92 Å². The molecule has 0 unspecified atom stereocenters. The number of nitrogens with zero attached hydrogens (tertiary/aromatic N) is 4. The number of pyridine rings is 2. The van der Waals surface area contributed by atoms with Crippen molar-refractivity contribution in [1.29, 1.82) is 5.26 Å². The van der Waals surface area contributed by atoms with E-state index in [0.717, 1.165) is 11.3 Å². The minimum Gasteiger partial charge on any atom is -0.339 e. The number of amides is 2. The molecule has 6 rings (SSSR count). The van der Waals surface area contributed by atoms with E-state index in [0.29, 0.717) is 48.3 Å². The summed E-state index contributed by atoms with van der Waals surface area (Å²) < 4.78 is 0. The van der Waals surface area contributed by atoms with E-state index in [2.05, 4.69) is 40.4 Å². The lowest BCUT2D eigenvalue weighted by atomic mass is 9.77. The van der Waals surface area contributed by atoms with E-state index in [-0.39, 0.29) is 36.0 Å². The van der Waals surface area contributed by atoms with Crippen LogP contribution in [-0.4, -0.2) is 45.1 Å². The summed E-state index contributed by atoms with van der Waals surface area (Å²) in [6.45, 7) is 4.67. The van der Waals surface area contributed by atoms with Gasteiger partial charge in [-0.05, 0) is 49.9 Å². The van der Waals surface area contributed by atoms with Gasteiger partial charge < -0.3 is 10.2 Å². The first-order valence-corrected chi connectivity index (χ1v) is 13.4. The molecule has 0 radical (unpaired) electrons. The predicted octanol–water partition coefficient (Wildman–Crippen LogP) is 3.95. The van der Waals surface area contributed by atoms with E-state index >= 15 is 0 Å². The zero-order valence-electron chi connectivity index (χ0n) is 22.0. The summed E-state index contributed by atoms with van der Waals surface area (Å²) in [5.41, 5.74) is 3.46. The highest BCUT2D eigenvalue weighted by Gasteiger charge is 2.52. The van der Waals surface area contributed by atoms with Crippen LogP contribution in [0.1, 0.15) is 70.9 Å². The molecule has 196 valence electrons. The molecule has 0 saturated carbocycles. The van der Waals surface area contributed by atoms with Gasteiger partial charge in [0.15, 0.2) is 5.78 Å². The molecule has 4 heterocycles. The zero-order valence-corrected chi connectivity index (χ0v) is 22.0. The van der Waals surface area contributed by atoms with Crippen LogP contribution in [0.3, 0.4) is 0 Å². The molecule has 3 aliphatic rings. The highest BCUT2D eigenvalue weighted by Crippen LogP contribution is 2.46. The molecule has 1 fully saturated rings. The number of aromatic nitrogens is 2. The summed E-state index contributed by atoms with van der Waals surface area (Å²) in [7, 11) is 0. The number of rotatable bonds is 5. The number of carbonyl (C=O) groups excluding carboxylic acids is 3. The molecule has 0 bridgehead atoms. The van der Waals surface area contributed by atoms with Crippen molar-refractivity contribution in [3.8, 4) is 6.07 Å². The lowest BCUT2D eigenvalue weighted by molar-refractivity contribution is -0.142. The van der Waals surface area contributed by atoms with E-state index in [1.165, 1.54) is 11.8 Å². The molecule has 2 aromatic heterocycles. The second-order valence-electron chi connectivity index (χ2n) is 10.9. The van der Waals surface area contributed by atoms with Crippen molar-refractivity contribution >= 4 is 23.4 Å². The third-order valence-electron chi connectivity index (χ3n) is 8.79. The summed E-state index contributed by atoms with van der Waals surface area (Å²) in [6, 6.07) is 15.9. The Balaban J connectivity index is 1.24. The van der Waals surface area contributed by atoms with Crippen LogP contribution in [0.5, 0.6) is 0 Å². The van der Waals surface area contributed by atoms with Gasteiger partial charge in [0.2, 0.25) is 11.8 Å². The zero-order chi connectivity index (χ0) is 27.3. The molecular formula is C31H29N5O3. The molecule has 8 heteroatoms. The Morgan fingerprint density at radius 2 is 1.95 bits per heavy atom. The topological polar surface area (TPSA) is 116 Å². The van der Waals surface area contributed by atoms with Crippen LogP contribution in [0, 0.1) is 17.2 Å². The van der Waals surface area contributed by atoms with Crippen LogP contribution in [-0.2, 0) is 27.8 Å². The number of fused-ring (bicyclic) bond motifs is 3. The smallest absolute Gasteiger partial charge is 0.237 e. The van der Waals surface area contributed by atoms with Gasteiger partial charge in [-0.2, -0.15) is 5.26 Å². The van der Waals surface area contributed by atoms with Crippen molar-refractivity contribution in [2.75, 3.05) is 11.9 Å². The summed E-state index contributed by atoms with van der Waals surface area (Å²) in [6.07, 6.45) is 4.53. The van der Waals surface area contributed by atoms with E-state index in [9.17, 15) is 19.6 Å². The molecular weight excluding hydrogens is 490 g/mol. The summed E-state index contributed by atoms with van der Waals surface area (Å²) >= 11 is 0. The number of hydrogen-bond acceptors (Lipinski definition) is 6. The van der Waals surface area contributed by atoms with Gasteiger partial charge in [-0.25, -0.2) is 4.98 Å². The number of likely N-dealkylation sites (tertiary alicyclic amines) is 1. The first-order valence-electron chi connectivity index (χ1n) is 13.4. The number of carbonyl (C=O) groups is 3. The van der Waals surface area contributed by atoms with Crippen molar-refractivity contribution in [1.82, 2.24) is 14.9 Å². The Bertz CT molecular complexity index is 1550. The number of Topliss-reactive ketones (excluding diaryl/α,β-unsaturated/α-hetero) is 1. The van der Waals surface area contributed by atoms with Gasteiger partial charge in [0, 0.05) is 66.5 Å². The van der Waals surface area contributed by atoms with Gasteiger partial charge in [0.1, 0.15) is 11.9 Å². The molecule has 8 nitrogen and oxygen atoms in total. The Kier molecular flexibility index (Phi) is 6.02. The number of benzene rings is 1. The SMILES string of the molecule is CCN1C(=O)[C@@H](CC(=O)c2cnc3c(c2)C[C@@]2(C3)C(=O)Nc3ncc(C#N)cc32)C[C@@H](c2ccccc2)[C@H]1C. The maximum atomic E-state index is 13.5. The fourth-order valence-electron chi connectivity index (χ4n) is 6.70. The number of nitrogens with one attached hydrogen (secondary N) is 1. The van der Waals surface area contributed by atoms with Crippen molar-refractivity contribution in [2.45, 2.75) is 56.9 Å². The lowest BCUT2D eigenvalue weighted by Crippen LogP contribution is -2.50. The van der Waals surface area contributed by atoms with E-state index in [4.69, 9.17) is 0 Å². The molecule has 4 atom stereocenters. The fraction of sp³-hybridized carbons (Fsp3) is 0.355. The quantitative estimate of drug-likeness (QED) is 0.511. The second-order valence-corrected chi connectivity index (χ2v) is 10.9. The van der Waals surface area contributed by atoms with E-state index in [1.54, 1.807) is 12.3 Å². The van der Waals surface area contributed by atoms with Crippen molar-refractivity contribution < 1.29 is 14.4 Å². The van der Waals surface area contributed by atoms with E-state index < -0.39 is 11.3 Å². The molecule has 1 N–H and O–H groups in total. The van der Waals surface area contributed by atoms with Crippen LogP contribution in [0.15, 0.2) is 54.9 Å². The Morgan fingerprint density at radius 1 is 1.15 bits per heavy atom. The van der Waals surface area contributed by atoms with Crippen LogP contribution in [0.25, 0.3) is 0 Å². The number of ketones is 1. The molecule has 1 saturated heterocycles. The number of likely N-dealkylation sites (N-methyl/N-ethyl adjacent to an activating group) is 1. The molecule has 1 spiro atoms. The summed E-state index contributed by atoms with van der Waals surface area (Å²) in [4.78, 5) is 50.7. The lowest BCUT2D eigenvalue weighted by Gasteiger charge is -2.42. The van der Waals surface area contributed by atoms with Crippen LogP contribution in [0.4, 0.5) is 5.82 Å². The molecule has 39 heavy (non-hydrogen) atoms. The highest BCUT2D eigenvalue weighted by atomic mass is 16.2.